The summed E-state index contributed by atoms with van der Waals surface area (Å²) in [6.45, 7) is 5.80. The summed E-state index contributed by atoms with van der Waals surface area (Å²) in [6, 6.07) is 10.9. The lowest BCUT2D eigenvalue weighted by Crippen LogP contribution is -2.31. The van der Waals surface area contributed by atoms with Gasteiger partial charge in [0.1, 0.15) is 5.82 Å². The Kier molecular flexibility index (Phi) is 5.36. The van der Waals surface area contributed by atoms with Gasteiger partial charge in [-0.1, -0.05) is 6.07 Å². The monoisotopic (exact) mass is 278 g/mol. The zero-order valence-electron chi connectivity index (χ0n) is 11.1. The second-order valence-electron chi connectivity index (χ2n) is 4.31. The van der Waals surface area contributed by atoms with Crippen molar-refractivity contribution < 1.29 is 4.39 Å². The molecule has 0 fully saturated rings. The minimum absolute atomic E-state index is 0.185. The van der Waals surface area contributed by atoms with Gasteiger partial charge in [0, 0.05) is 36.7 Å². The molecule has 1 heterocycles. The first-order valence-electron chi connectivity index (χ1n) is 6.53. The fourth-order valence-electron chi connectivity index (χ4n) is 1.96. The van der Waals surface area contributed by atoms with Crippen molar-refractivity contribution in [1.82, 2.24) is 5.32 Å². The van der Waals surface area contributed by atoms with Gasteiger partial charge < -0.3 is 10.2 Å². The van der Waals surface area contributed by atoms with Crippen molar-refractivity contribution in [2.45, 2.75) is 13.5 Å². The van der Waals surface area contributed by atoms with Gasteiger partial charge in [-0.3, -0.25) is 0 Å². The summed E-state index contributed by atoms with van der Waals surface area (Å²) in [5, 5.41) is 5.52. The molecule has 0 unspecified atom stereocenters. The van der Waals surface area contributed by atoms with E-state index in [4.69, 9.17) is 0 Å². The first kappa shape index (κ1) is 14.0. The molecular formula is C15H19FN2S. The van der Waals surface area contributed by atoms with Gasteiger partial charge >= 0.3 is 0 Å². The van der Waals surface area contributed by atoms with Gasteiger partial charge in [0.25, 0.3) is 0 Å². The van der Waals surface area contributed by atoms with Gasteiger partial charge in [-0.05, 0) is 42.6 Å². The van der Waals surface area contributed by atoms with E-state index >= 15 is 0 Å². The van der Waals surface area contributed by atoms with E-state index in [-0.39, 0.29) is 5.82 Å². The van der Waals surface area contributed by atoms with Gasteiger partial charge in [-0.15, -0.1) is 11.3 Å². The van der Waals surface area contributed by atoms with Gasteiger partial charge in [0.15, 0.2) is 0 Å². The first-order valence-corrected chi connectivity index (χ1v) is 7.41. The lowest BCUT2D eigenvalue weighted by Gasteiger charge is -2.23. The maximum absolute atomic E-state index is 12.9. The first-order chi connectivity index (χ1) is 9.29. The number of hydrogen-bond donors (Lipinski definition) is 1. The van der Waals surface area contributed by atoms with Crippen LogP contribution in [0.15, 0.2) is 41.8 Å². The highest BCUT2D eigenvalue weighted by Gasteiger charge is 2.03. The largest absolute Gasteiger partial charge is 0.371 e. The van der Waals surface area contributed by atoms with E-state index in [9.17, 15) is 4.39 Å². The fraction of sp³-hybridized carbons (Fsp3) is 0.333. The summed E-state index contributed by atoms with van der Waals surface area (Å²) in [5.74, 6) is -0.185. The maximum Gasteiger partial charge on any atom is 0.123 e. The number of hydrogen-bond acceptors (Lipinski definition) is 3. The molecule has 0 spiro atoms. The van der Waals surface area contributed by atoms with Crippen molar-refractivity contribution in [2.75, 3.05) is 24.5 Å². The van der Waals surface area contributed by atoms with Gasteiger partial charge in [0.05, 0.1) is 0 Å². The summed E-state index contributed by atoms with van der Waals surface area (Å²) in [5.41, 5.74) is 1.07. The number of benzene rings is 1. The molecule has 0 bridgehead atoms. The maximum atomic E-state index is 12.9. The standard InChI is InChI=1S/C15H19FN2S/c1-2-18(14-7-5-13(16)6-8-14)10-9-17-12-15-4-3-11-19-15/h3-8,11,17H,2,9-10,12H2,1H3. The minimum Gasteiger partial charge on any atom is -0.371 e. The molecule has 4 heteroatoms. The molecule has 19 heavy (non-hydrogen) atoms. The molecule has 2 nitrogen and oxygen atoms in total. The highest BCUT2D eigenvalue weighted by atomic mass is 32.1. The molecule has 0 atom stereocenters. The number of nitrogens with zero attached hydrogens (tertiary/aromatic N) is 1. The molecule has 0 aliphatic rings. The molecule has 1 aromatic heterocycles. The third kappa shape index (κ3) is 4.33. The Morgan fingerprint density at radius 1 is 1.21 bits per heavy atom. The summed E-state index contributed by atoms with van der Waals surface area (Å²) < 4.78 is 12.9. The van der Waals surface area contributed by atoms with Crippen LogP contribution in [-0.4, -0.2) is 19.6 Å². The zero-order valence-corrected chi connectivity index (χ0v) is 11.9. The molecule has 0 amide bonds. The van der Waals surface area contributed by atoms with Crippen LogP contribution in [0.2, 0.25) is 0 Å². The fourth-order valence-corrected chi connectivity index (χ4v) is 2.63. The average molecular weight is 278 g/mol. The molecule has 2 rings (SSSR count). The Morgan fingerprint density at radius 3 is 2.63 bits per heavy atom. The predicted octanol–water partition coefficient (Wildman–Crippen LogP) is 3.50. The Bertz CT molecular complexity index is 467. The van der Waals surface area contributed by atoms with Crippen molar-refractivity contribution >= 4 is 17.0 Å². The number of halogens is 1. The number of nitrogens with one attached hydrogen (secondary N) is 1. The summed E-state index contributed by atoms with van der Waals surface area (Å²) >= 11 is 1.77. The topological polar surface area (TPSA) is 15.3 Å². The van der Waals surface area contributed by atoms with Crippen LogP contribution in [0.5, 0.6) is 0 Å². The molecule has 0 saturated carbocycles. The van der Waals surface area contributed by atoms with Crippen molar-refractivity contribution in [1.29, 1.82) is 0 Å². The average Bonchev–Trinajstić information content (AvgIpc) is 2.93. The van der Waals surface area contributed by atoms with E-state index in [1.165, 1.54) is 17.0 Å². The Hall–Kier alpha value is -1.39. The highest BCUT2D eigenvalue weighted by Crippen LogP contribution is 2.14. The molecule has 102 valence electrons. The van der Waals surface area contributed by atoms with Crippen LogP contribution in [0.1, 0.15) is 11.8 Å². The van der Waals surface area contributed by atoms with E-state index in [0.29, 0.717) is 0 Å². The van der Waals surface area contributed by atoms with Crippen LogP contribution >= 0.6 is 11.3 Å². The van der Waals surface area contributed by atoms with Crippen molar-refractivity contribution in [3.05, 3.63) is 52.5 Å². The summed E-state index contributed by atoms with van der Waals surface area (Å²) in [6.07, 6.45) is 0. The second-order valence-corrected chi connectivity index (χ2v) is 5.34. The number of likely N-dealkylation sites (N-methyl/N-ethyl adjacent to an activating group) is 1. The van der Waals surface area contributed by atoms with E-state index in [2.05, 4.69) is 34.7 Å². The lowest BCUT2D eigenvalue weighted by molar-refractivity contribution is 0.626. The minimum atomic E-state index is -0.185. The molecule has 0 aliphatic carbocycles. The van der Waals surface area contributed by atoms with Gasteiger partial charge in [-0.25, -0.2) is 4.39 Å². The van der Waals surface area contributed by atoms with Crippen LogP contribution in [0.25, 0.3) is 0 Å². The third-order valence-electron chi connectivity index (χ3n) is 3.01. The van der Waals surface area contributed by atoms with E-state index in [1.54, 1.807) is 11.3 Å². The molecule has 1 aromatic carbocycles. The SMILES string of the molecule is CCN(CCNCc1cccs1)c1ccc(F)cc1. The molecular weight excluding hydrogens is 259 g/mol. The lowest BCUT2D eigenvalue weighted by atomic mass is 10.2. The van der Waals surface area contributed by atoms with Crippen molar-refractivity contribution in [3.63, 3.8) is 0 Å². The number of anilines is 1. The summed E-state index contributed by atoms with van der Waals surface area (Å²) in [4.78, 5) is 3.59. The quantitative estimate of drug-likeness (QED) is 0.780. The van der Waals surface area contributed by atoms with Crippen molar-refractivity contribution in [3.8, 4) is 0 Å². The molecule has 0 radical (unpaired) electrons. The number of rotatable bonds is 7. The highest BCUT2D eigenvalue weighted by molar-refractivity contribution is 7.09. The van der Waals surface area contributed by atoms with E-state index in [1.807, 2.05) is 12.1 Å². The van der Waals surface area contributed by atoms with E-state index in [0.717, 1.165) is 31.9 Å². The molecule has 0 aliphatic heterocycles. The summed E-state index contributed by atoms with van der Waals surface area (Å²) in [7, 11) is 0. The molecule has 0 saturated heterocycles. The van der Waals surface area contributed by atoms with E-state index < -0.39 is 0 Å². The van der Waals surface area contributed by atoms with Crippen LogP contribution in [0, 0.1) is 5.82 Å². The normalized spacial score (nSPS) is 10.6. The zero-order chi connectivity index (χ0) is 13.5. The Balaban J connectivity index is 1.77. The van der Waals surface area contributed by atoms with Crippen LogP contribution in [0.3, 0.4) is 0 Å². The van der Waals surface area contributed by atoms with Crippen LogP contribution in [0.4, 0.5) is 10.1 Å². The molecule has 1 N–H and O–H groups in total. The third-order valence-corrected chi connectivity index (χ3v) is 3.89. The predicted molar refractivity (Wildman–Crippen MR) is 80.3 cm³/mol. The smallest absolute Gasteiger partial charge is 0.123 e. The second kappa shape index (κ2) is 7.26. The Morgan fingerprint density at radius 2 is 2.00 bits per heavy atom. The van der Waals surface area contributed by atoms with Crippen LogP contribution in [-0.2, 0) is 6.54 Å². The molecule has 2 aromatic rings. The van der Waals surface area contributed by atoms with Crippen LogP contribution < -0.4 is 10.2 Å². The Labute approximate surface area is 117 Å². The number of thiophene rings is 1. The van der Waals surface area contributed by atoms with Gasteiger partial charge in [-0.2, -0.15) is 0 Å². The van der Waals surface area contributed by atoms with Crippen molar-refractivity contribution in [2.24, 2.45) is 0 Å². The van der Waals surface area contributed by atoms with Gasteiger partial charge in [0.2, 0.25) is 0 Å².